The maximum Gasteiger partial charge on any atom is 0.417 e. The minimum atomic E-state index is -0.598. The summed E-state index contributed by atoms with van der Waals surface area (Å²) < 4.78 is 5.09. The Morgan fingerprint density at radius 1 is 1.09 bits per heavy atom. The molecule has 1 fully saturated rings. The molecule has 0 bridgehead atoms. The average molecular weight is 360 g/mol. The fraction of sp³-hybridized carbons (Fsp3) is 0.176. The van der Waals surface area contributed by atoms with E-state index < -0.39 is 10.9 Å². The van der Waals surface area contributed by atoms with Crippen LogP contribution in [-0.4, -0.2) is 23.5 Å². The van der Waals surface area contributed by atoms with Crippen molar-refractivity contribution < 1.29 is 14.3 Å². The Bertz CT molecular complexity index is 675. The first-order chi connectivity index (χ1) is 10.7. The first-order valence-electron chi connectivity index (χ1n) is 6.92. The second-order valence-corrected chi connectivity index (χ2v) is 5.90. The molecule has 0 N–H and O–H groups in total. The molecule has 112 valence electrons. The van der Waals surface area contributed by atoms with Crippen molar-refractivity contribution in [3.8, 4) is 0 Å². The van der Waals surface area contributed by atoms with Gasteiger partial charge in [0.05, 0.1) is 0 Å². The van der Waals surface area contributed by atoms with Gasteiger partial charge in [0.2, 0.25) is 0 Å². The van der Waals surface area contributed by atoms with E-state index in [2.05, 4.69) is 15.9 Å². The van der Waals surface area contributed by atoms with Crippen LogP contribution in [0.3, 0.4) is 0 Å². The quantitative estimate of drug-likeness (QED) is 0.782. The minimum absolute atomic E-state index is 0.184. The molecule has 22 heavy (non-hydrogen) atoms. The topological polar surface area (TPSA) is 46.6 Å². The average Bonchev–Trinajstić information content (AvgIpc) is 2.96. The van der Waals surface area contributed by atoms with Gasteiger partial charge in [-0.15, -0.1) is 0 Å². The van der Waals surface area contributed by atoms with Gasteiger partial charge in [-0.05, 0) is 11.1 Å². The van der Waals surface area contributed by atoms with Crippen LogP contribution in [0.4, 0.5) is 4.79 Å². The van der Waals surface area contributed by atoms with E-state index in [0.29, 0.717) is 0 Å². The van der Waals surface area contributed by atoms with E-state index in [1.807, 2.05) is 60.7 Å². The van der Waals surface area contributed by atoms with Crippen LogP contribution in [0.2, 0.25) is 0 Å². The highest BCUT2D eigenvalue weighted by Gasteiger charge is 2.41. The van der Waals surface area contributed by atoms with Crippen LogP contribution < -0.4 is 0 Å². The summed E-state index contributed by atoms with van der Waals surface area (Å²) in [6.07, 6.45) is -0.598. The number of ether oxygens (including phenoxy) is 1. The molecule has 2 aromatic rings. The third-order valence-electron chi connectivity index (χ3n) is 3.60. The van der Waals surface area contributed by atoms with Gasteiger partial charge in [-0.25, -0.2) is 9.69 Å². The number of carbonyl (C=O) groups excluding carboxylic acids is 2. The maximum atomic E-state index is 12.7. The van der Waals surface area contributed by atoms with E-state index >= 15 is 0 Å². The van der Waals surface area contributed by atoms with Crippen LogP contribution in [0.25, 0.3) is 0 Å². The lowest BCUT2D eigenvalue weighted by Crippen LogP contribution is -2.36. The summed E-state index contributed by atoms with van der Waals surface area (Å²) >= 11 is 3.39. The van der Waals surface area contributed by atoms with Gasteiger partial charge in [0.15, 0.2) is 0 Å². The van der Waals surface area contributed by atoms with Gasteiger partial charge in [-0.2, -0.15) is 0 Å². The SMILES string of the molecule is O=C1OC[C@@H](c2ccccc2)N1C(=O)C(Br)c1ccccc1. The summed E-state index contributed by atoms with van der Waals surface area (Å²) in [6, 6.07) is 18.3. The van der Waals surface area contributed by atoms with E-state index in [-0.39, 0.29) is 18.6 Å². The van der Waals surface area contributed by atoms with Crippen LogP contribution in [0.1, 0.15) is 22.0 Å². The number of alkyl halides is 1. The van der Waals surface area contributed by atoms with Crippen molar-refractivity contribution >= 4 is 27.9 Å². The lowest BCUT2D eigenvalue weighted by Gasteiger charge is -2.22. The number of hydrogen-bond donors (Lipinski definition) is 0. The van der Waals surface area contributed by atoms with Crippen molar-refractivity contribution in [2.75, 3.05) is 6.61 Å². The van der Waals surface area contributed by atoms with Gasteiger partial charge in [0.25, 0.3) is 5.91 Å². The fourth-order valence-corrected chi connectivity index (χ4v) is 3.00. The molecule has 0 saturated carbocycles. The molecular formula is C17H14BrNO3. The third kappa shape index (κ3) is 2.76. The molecule has 2 amide bonds. The largest absolute Gasteiger partial charge is 0.446 e. The van der Waals surface area contributed by atoms with Gasteiger partial charge in [0, 0.05) is 0 Å². The van der Waals surface area contributed by atoms with Crippen LogP contribution in [0, 0.1) is 0 Å². The molecule has 5 heteroatoms. The molecule has 0 radical (unpaired) electrons. The zero-order valence-corrected chi connectivity index (χ0v) is 13.3. The number of hydrogen-bond acceptors (Lipinski definition) is 3. The van der Waals surface area contributed by atoms with E-state index in [9.17, 15) is 9.59 Å². The summed E-state index contributed by atoms with van der Waals surface area (Å²) in [6.45, 7) is 0.184. The summed E-state index contributed by atoms with van der Waals surface area (Å²) in [4.78, 5) is 25.3. The van der Waals surface area contributed by atoms with Gasteiger partial charge in [0.1, 0.15) is 17.5 Å². The number of rotatable bonds is 3. The second-order valence-electron chi connectivity index (χ2n) is 4.98. The Morgan fingerprint density at radius 3 is 2.32 bits per heavy atom. The summed E-state index contributed by atoms with van der Waals surface area (Å²) in [5.74, 6) is -0.317. The molecule has 0 aromatic heterocycles. The van der Waals surface area contributed by atoms with Crippen molar-refractivity contribution in [3.63, 3.8) is 0 Å². The van der Waals surface area contributed by atoms with Gasteiger partial charge in [-0.3, -0.25) is 4.79 Å². The van der Waals surface area contributed by atoms with Crippen molar-refractivity contribution in [3.05, 3.63) is 71.8 Å². The smallest absolute Gasteiger partial charge is 0.417 e. The number of halogens is 1. The molecule has 1 heterocycles. The predicted octanol–water partition coefficient (Wildman–Crippen LogP) is 3.84. The van der Waals surface area contributed by atoms with Crippen molar-refractivity contribution in [2.24, 2.45) is 0 Å². The Hall–Kier alpha value is -2.14. The zero-order chi connectivity index (χ0) is 15.5. The molecule has 1 aliphatic heterocycles. The molecule has 3 rings (SSSR count). The molecule has 1 saturated heterocycles. The number of nitrogens with zero attached hydrogens (tertiary/aromatic N) is 1. The monoisotopic (exact) mass is 359 g/mol. The normalized spacial score (nSPS) is 18.9. The van der Waals surface area contributed by atoms with Crippen molar-refractivity contribution in [2.45, 2.75) is 10.9 Å². The predicted molar refractivity (Wildman–Crippen MR) is 85.5 cm³/mol. The Morgan fingerprint density at radius 2 is 1.68 bits per heavy atom. The number of cyclic esters (lactones) is 1. The number of benzene rings is 2. The standard InChI is InChI=1S/C17H14BrNO3/c18-15(13-9-5-2-6-10-13)16(20)19-14(11-22-17(19)21)12-7-3-1-4-8-12/h1-10,14-15H,11H2/t14-,15?/m0/s1. The summed E-state index contributed by atoms with van der Waals surface area (Å²) in [5, 5.41) is 0. The molecule has 1 unspecified atom stereocenters. The molecule has 0 aliphatic carbocycles. The van der Waals surface area contributed by atoms with Gasteiger partial charge >= 0.3 is 6.09 Å². The molecule has 2 atom stereocenters. The fourth-order valence-electron chi connectivity index (χ4n) is 2.47. The first-order valence-corrected chi connectivity index (χ1v) is 7.84. The van der Waals surface area contributed by atoms with Crippen LogP contribution >= 0.6 is 15.9 Å². The van der Waals surface area contributed by atoms with Gasteiger partial charge < -0.3 is 4.74 Å². The molecule has 1 aliphatic rings. The first kappa shape index (κ1) is 14.8. The van der Waals surface area contributed by atoms with E-state index in [0.717, 1.165) is 11.1 Å². The summed E-state index contributed by atoms with van der Waals surface area (Å²) in [5.41, 5.74) is 1.69. The molecule has 0 spiro atoms. The lowest BCUT2D eigenvalue weighted by atomic mass is 10.1. The molecular weight excluding hydrogens is 346 g/mol. The highest BCUT2D eigenvalue weighted by atomic mass is 79.9. The van der Waals surface area contributed by atoms with Gasteiger partial charge in [-0.1, -0.05) is 76.6 Å². The maximum absolute atomic E-state index is 12.7. The van der Waals surface area contributed by atoms with Crippen LogP contribution in [0.15, 0.2) is 60.7 Å². The lowest BCUT2D eigenvalue weighted by molar-refractivity contribution is -0.128. The second kappa shape index (κ2) is 6.32. The minimum Gasteiger partial charge on any atom is -0.446 e. The third-order valence-corrected chi connectivity index (χ3v) is 4.52. The number of carbonyl (C=O) groups is 2. The zero-order valence-electron chi connectivity index (χ0n) is 11.7. The van der Waals surface area contributed by atoms with E-state index in [1.165, 1.54) is 4.90 Å². The van der Waals surface area contributed by atoms with Crippen molar-refractivity contribution in [1.82, 2.24) is 4.90 Å². The molecule has 2 aromatic carbocycles. The van der Waals surface area contributed by atoms with Crippen LogP contribution in [-0.2, 0) is 9.53 Å². The van der Waals surface area contributed by atoms with E-state index in [4.69, 9.17) is 4.74 Å². The Kier molecular flexibility index (Phi) is 4.24. The highest BCUT2D eigenvalue weighted by Crippen LogP contribution is 2.33. The van der Waals surface area contributed by atoms with Crippen molar-refractivity contribution in [1.29, 1.82) is 0 Å². The Balaban J connectivity index is 1.88. The van der Waals surface area contributed by atoms with Crippen LogP contribution in [0.5, 0.6) is 0 Å². The van der Waals surface area contributed by atoms with E-state index in [1.54, 1.807) is 0 Å². The number of imide groups is 1. The molecule has 4 nitrogen and oxygen atoms in total. The Labute approximate surface area is 136 Å². The highest BCUT2D eigenvalue weighted by molar-refractivity contribution is 9.09. The summed E-state index contributed by atoms with van der Waals surface area (Å²) in [7, 11) is 0. The number of amides is 2.